The van der Waals surface area contributed by atoms with Crippen LogP contribution in [0.1, 0.15) is 75.3 Å². The molecule has 0 radical (unpaired) electrons. The van der Waals surface area contributed by atoms with E-state index in [1.807, 2.05) is 36.4 Å². The van der Waals surface area contributed by atoms with Gasteiger partial charge in [-0.1, -0.05) is 35.9 Å². The lowest BCUT2D eigenvalue weighted by molar-refractivity contribution is -0.156. The van der Waals surface area contributed by atoms with Crippen LogP contribution in [-0.2, 0) is 51.1 Å². The van der Waals surface area contributed by atoms with Gasteiger partial charge in [-0.15, -0.1) is 23.5 Å². The molecule has 320 valence electrons. The number of thioether (sulfide) groups is 2. The Morgan fingerprint density at radius 2 is 1.19 bits per heavy atom. The van der Waals surface area contributed by atoms with Gasteiger partial charge in [0, 0.05) is 16.9 Å². The summed E-state index contributed by atoms with van der Waals surface area (Å²) in [6.07, 6.45) is 6.15. The fraction of sp³-hybridized carbons (Fsp3) is 0.581. The molecule has 0 bridgehead atoms. The maximum atomic E-state index is 14.4. The lowest BCUT2D eigenvalue weighted by Crippen LogP contribution is -2.58. The normalized spacial score (nSPS) is 25.6. The molecule has 4 amide bonds. The number of hydrogen-bond acceptors (Lipinski definition) is 11. The van der Waals surface area contributed by atoms with Crippen LogP contribution in [0.5, 0.6) is 5.75 Å². The summed E-state index contributed by atoms with van der Waals surface area (Å²) in [5.74, 6) is -1.51. The third kappa shape index (κ3) is 11.1. The van der Waals surface area contributed by atoms with E-state index in [-0.39, 0.29) is 47.2 Å². The average molecular weight is 872 g/mol. The molecule has 8 unspecified atom stereocenters. The van der Waals surface area contributed by atoms with Crippen LogP contribution < -0.4 is 15.4 Å². The first-order valence-electron chi connectivity index (χ1n) is 20.5. The number of nitrogens with one attached hydrogen (secondary N) is 2. The summed E-state index contributed by atoms with van der Waals surface area (Å²) >= 11 is 9.62. The molecule has 2 aromatic rings. The van der Waals surface area contributed by atoms with Gasteiger partial charge in [-0.05, 0) is 124 Å². The molecule has 4 heterocycles. The molecule has 0 aliphatic carbocycles. The largest absolute Gasteiger partial charge is 0.497 e. The molecule has 59 heavy (non-hydrogen) atoms. The predicted octanol–water partition coefficient (Wildman–Crippen LogP) is 5.15. The molecule has 4 fully saturated rings. The van der Waals surface area contributed by atoms with Crippen LogP contribution in [0.3, 0.4) is 0 Å². The zero-order valence-electron chi connectivity index (χ0n) is 33.9. The Kier molecular flexibility index (Phi) is 15.9. The molecule has 13 nitrogen and oxygen atoms in total. The molecule has 4 aliphatic rings. The van der Waals surface area contributed by atoms with Crippen molar-refractivity contribution in [3.63, 3.8) is 0 Å². The topological polar surface area (TPSA) is 161 Å². The van der Waals surface area contributed by atoms with Gasteiger partial charge in [0.25, 0.3) is 0 Å². The first-order valence-corrected chi connectivity index (χ1v) is 23.0. The summed E-state index contributed by atoms with van der Waals surface area (Å²) in [5.41, 5.74) is 1.71. The molecule has 2 aromatic carbocycles. The molecule has 2 N–H and O–H groups in total. The minimum absolute atomic E-state index is 0.172. The summed E-state index contributed by atoms with van der Waals surface area (Å²) in [5, 5.41) is 6.30. The number of rotatable bonds is 14. The highest BCUT2D eigenvalue weighted by atomic mass is 35.5. The minimum atomic E-state index is -0.836. The van der Waals surface area contributed by atoms with E-state index in [4.69, 9.17) is 25.8 Å². The van der Waals surface area contributed by atoms with E-state index in [0.29, 0.717) is 60.8 Å². The molecular weight excluding hydrogens is 816 g/mol. The Balaban J connectivity index is 1.23. The van der Waals surface area contributed by atoms with Crippen molar-refractivity contribution in [1.82, 2.24) is 20.4 Å². The number of methoxy groups -OCH3 is 3. The van der Waals surface area contributed by atoms with Gasteiger partial charge in [-0.25, -0.2) is 9.59 Å². The fourth-order valence-corrected chi connectivity index (χ4v) is 11.7. The number of benzene rings is 2. The highest BCUT2D eigenvalue weighted by Crippen LogP contribution is 2.37. The van der Waals surface area contributed by atoms with Crippen molar-refractivity contribution in [2.45, 2.75) is 112 Å². The number of fused-ring (bicyclic) bond motifs is 2. The van der Waals surface area contributed by atoms with Gasteiger partial charge in [0.05, 0.1) is 32.1 Å². The van der Waals surface area contributed by atoms with Crippen molar-refractivity contribution < 1.29 is 43.0 Å². The second-order valence-electron chi connectivity index (χ2n) is 15.6. The predicted molar refractivity (Wildman–Crippen MR) is 227 cm³/mol. The van der Waals surface area contributed by atoms with Crippen LogP contribution in [0.25, 0.3) is 0 Å². The number of ether oxygens (including phenoxy) is 3. The molecule has 0 aromatic heterocycles. The van der Waals surface area contributed by atoms with E-state index in [1.165, 1.54) is 14.2 Å². The van der Waals surface area contributed by atoms with Gasteiger partial charge < -0.3 is 34.6 Å². The van der Waals surface area contributed by atoms with Gasteiger partial charge in [0.1, 0.15) is 29.9 Å². The zero-order valence-corrected chi connectivity index (χ0v) is 36.3. The minimum Gasteiger partial charge on any atom is -0.497 e. The van der Waals surface area contributed by atoms with E-state index in [9.17, 15) is 28.8 Å². The Labute approximate surface area is 359 Å². The van der Waals surface area contributed by atoms with E-state index >= 15 is 0 Å². The number of esters is 2. The number of amides is 4. The number of carbonyl (C=O) groups is 6. The van der Waals surface area contributed by atoms with E-state index in [1.54, 1.807) is 52.6 Å². The third-order valence-corrected chi connectivity index (χ3v) is 14.8. The molecule has 6 rings (SSSR count). The monoisotopic (exact) mass is 870 g/mol. The quantitative estimate of drug-likeness (QED) is 0.242. The summed E-state index contributed by atoms with van der Waals surface area (Å²) in [6.45, 7) is 0. The van der Waals surface area contributed by atoms with Crippen molar-refractivity contribution in [3.05, 3.63) is 64.7 Å². The van der Waals surface area contributed by atoms with Crippen molar-refractivity contribution in [2.24, 2.45) is 11.8 Å². The van der Waals surface area contributed by atoms with E-state index < -0.39 is 47.9 Å². The summed E-state index contributed by atoms with van der Waals surface area (Å²) in [4.78, 5) is 86.0. The second-order valence-corrected chi connectivity index (χ2v) is 18.6. The maximum absolute atomic E-state index is 14.4. The van der Waals surface area contributed by atoms with Crippen molar-refractivity contribution in [2.75, 3.05) is 32.8 Å². The third-order valence-electron chi connectivity index (χ3n) is 11.9. The van der Waals surface area contributed by atoms with Crippen LogP contribution in [0.2, 0.25) is 5.02 Å². The number of piperidine rings is 2. The van der Waals surface area contributed by atoms with Crippen LogP contribution in [0.4, 0.5) is 0 Å². The van der Waals surface area contributed by atoms with Crippen LogP contribution >= 0.6 is 35.1 Å². The molecule has 4 aliphatic heterocycles. The van der Waals surface area contributed by atoms with Crippen molar-refractivity contribution in [3.8, 4) is 5.75 Å². The van der Waals surface area contributed by atoms with Crippen LogP contribution in [0, 0.1) is 11.8 Å². The maximum Gasteiger partial charge on any atom is 0.328 e. The Morgan fingerprint density at radius 3 is 1.64 bits per heavy atom. The molecule has 4 saturated heterocycles. The van der Waals surface area contributed by atoms with Crippen molar-refractivity contribution in [1.29, 1.82) is 0 Å². The fourth-order valence-electron chi connectivity index (χ4n) is 8.73. The lowest BCUT2D eigenvalue weighted by Gasteiger charge is -2.40. The number of hydrogen-bond donors (Lipinski definition) is 2. The average Bonchev–Trinajstić information content (AvgIpc) is 3.51. The van der Waals surface area contributed by atoms with Crippen LogP contribution in [0.15, 0.2) is 48.5 Å². The SMILES string of the molecule is COC(=O)C1CCCC2SCCC(NC(=O)C(CCC(Cc3cccc(Cl)c3)C(=O)NC3CCSC4CCCC(C(=O)OC)N4C3=O)Cc3ccc(OC)cc3)C(=O)N21. The van der Waals surface area contributed by atoms with Gasteiger partial charge in [-0.3, -0.25) is 19.2 Å². The first kappa shape index (κ1) is 44.6. The summed E-state index contributed by atoms with van der Waals surface area (Å²) < 4.78 is 15.5. The van der Waals surface area contributed by atoms with E-state index in [2.05, 4.69) is 10.6 Å². The smallest absolute Gasteiger partial charge is 0.328 e. The second kappa shape index (κ2) is 21.0. The summed E-state index contributed by atoms with van der Waals surface area (Å²) in [6, 6.07) is 11.7. The van der Waals surface area contributed by atoms with Gasteiger partial charge >= 0.3 is 11.9 Å². The Bertz CT molecular complexity index is 1840. The van der Waals surface area contributed by atoms with Gasteiger partial charge in [0.2, 0.25) is 23.6 Å². The van der Waals surface area contributed by atoms with Crippen LogP contribution in [-0.4, -0.2) is 113 Å². The van der Waals surface area contributed by atoms with Crippen molar-refractivity contribution >= 4 is 70.7 Å². The van der Waals surface area contributed by atoms with Gasteiger partial charge in [-0.2, -0.15) is 0 Å². The Hall–Kier alpha value is -3.95. The molecule has 16 heteroatoms. The molecule has 0 spiro atoms. The highest BCUT2D eigenvalue weighted by molar-refractivity contribution is 8.00. The molecule has 0 saturated carbocycles. The van der Waals surface area contributed by atoms with Gasteiger partial charge in [0.15, 0.2) is 0 Å². The van der Waals surface area contributed by atoms with E-state index in [0.717, 1.165) is 36.8 Å². The molecule has 8 atom stereocenters. The number of halogens is 1. The standard InChI is InChI=1S/C43H55ClN4O9S2/c1-55-31-17-13-26(14-18-31)23-28(38(49)45-32-19-21-58-36-11-5-9-34(42(53)56-2)47(36)40(32)51)15-16-29(24-27-7-4-8-30(44)25-27)39(50)46-33-20-22-59-37-12-6-10-35(43(54)57-3)48(37)41(33)52/h4,7-8,13-14,17-18,25,28-29,32-37H,5-6,9-12,15-16,19-24H2,1-3H3,(H,45,49)(H,46,50). The number of nitrogens with zero attached hydrogens (tertiary/aromatic N) is 2. The lowest BCUT2D eigenvalue weighted by atomic mass is 9.86. The Morgan fingerprint density at radius 1 is 0.695 bits per heavy atom. The summed E-state index contributed by atoms with van der Waals surface area (Å²) in [7, 11) is 4.23. The molecular formula is C43H55ClN4O9S2. The highest BCUT2D eigenvalue weighted by Gasteiger charge is 2.45. The number of carbonyl (C=O) groups excluding carboxylic acids is 6. The zero-order chi connectivity index (χ0) is 42.1. The first-order chi connectivity index (χ1) is 28.5.